The summed E-state index contributed by atoms with van der Waals surface area (Å²) in [5, 5.41) is 0.690. The fraction of sp³-hybridized carbons (Fsp3) is 0.250. The molecule has 4 aliphatic rings. The summed E-state index contributed by atoms with van der Waals surface area (Å²) in [6, 6.07) is 16.0. The zero-order valence-corrected chi connectivity index (χ0v) is 13.5. The van der Waals surface area contributed by atoms with Gasteiger partial charge in [0.1, 0.15) is 0 Å². The normalized spacial score (nSPS) is 28.4. The first kappa shape index (κ1) is 14.4. The fourth-order valence-electron chi connectivity index (χ4n) is 4.87. The number of rotatable bonds is 1. The Bertz CT molecular complexity index is 835. The molecule has 1 fully saturated rings. The van der Waals surface area contributed by atoms with Crippen LogP contribution >= 0.6 is 0 Å². The van der Waals surface area contributed by atoms with Crippen molar-refractivity contribution in [3.8, 4) is 0 Å². The first-order chi connectivity index (χ1) is 12.1. The molecule has 5 nitrogen and oxygen atoms in total. The molecule has 3 aliphatic carbocycles. The van der Waals surface area contributed by atoms with Gasteiger partial charge in [-0.05, 0) is 22.3 Å². The standard InChI is InChI=1S/C20H15NO4/c1-10(22)25-21-19(23)17-15-11-6-2-3-7-12(11)16(18(17)20(21)24)14-9-5-4-8-13(14)15/h2-9,15-18H,1H3/t15?,16?,17-,18+. The van der Waals surface area contributed by atoms with Gasteiger partial charge < -0.3 is 4.84 Å². The molecule has 25 heavy (non-hydrogen) atoms. The number of amides is 2. The lowest BCUT2D eigenvalue weighted by Gasteiger charge is -2.45. The third kappa shape index (κ3) is 1.70. The number of carbonyl (C=O) groups excluding carboxylic acids is 3. The van der Waals surface area contributed by atoms with Crippen LogP contribution in [0.2, 0.25) is 0 Å². The largest absolute Gasteiger partial charge is 0.331 e. The Morgan fingerprint density at radius 2 is 1.16 bits per heavy atom. The van der Waals surface area contributed by atoms with Gasteiger partial charge in [0.25, 0.3) is 11.8 Å². The quantitative estimate of drug-likeness (QED) is 0.752. The Labute approximate surface area is 144 Å². The van der Waals surface area contributed by atoms with Gasteiger partial charge in [-0.25, -0.2) is 4.79 Å². The van der Waals surface area contributed by atoms with Crippen LogP contribution in [0.15, 0.2) is 48.5 Å². The third-order valence-electron chi connectivity index (χ3n) is 5.63. The number of imide groups is 1. The lowest BCUT2D eigenvalue weighted by molar-refractivity contribution is -0.197. The van der Waals surface area contributed by atoms with Gasteiger partial charge in [-0.3, -0.25) is 9.59 Å². The van der Waals surface area contributed by atoms with Crippen LogP contribution in [-0.4, -0.2) is 22.8 Å². The van der Waals surface area contributed by atoms with Gasteiger partial charge in [0.05, 0.1) is 11.8 Å². The van der Waals surface area contributed by atoms with Crippen LogP contribution in [0.1, 0.15) is 41.0 Å². The maximum Gasteiger partial charge on any atom is 0.330 e. The minimum absolute atomic E-state index is 0.181. The Balaban J connectivity index is 1.74. The highest BCUT2D eigenvalue weighted by molar-refractivity contribution is 6.07. The summed E-state index contributed by atoms with van der Waals surface area (Å²) in [6.07, 6.45) is 0. The van der Waals surface area contributed by atoms with Crippen LogP contribution in [0.4, 0.5) is 0 Å². The predicted molar refractivity (Wildman–Crippen MR) is 87.2 cm³/mol. The van der Waals surface area contributed by atoms with Gasteiger partial charge in [0.2, 0.25) is 0 Å². The number of hydroxylamine groups is 2. The van der Waals surface area contributed by atoms with Crippen LogP contribution in [0, 0.1) is 11.8 Å². The molecule has 0 spiro atoms. The third-order valence-corrected chi connectivity index (χ3v) is 5.63. The van der Waals surface area contributed by atoms with Crippen molar-refractivity contribution in [2.24, 2.45) is 11.8 Å². The minimum Gasteiger partial charge on any atom is -0.331 e. The monoisotopic (exact) mass is 333 g/mol. The fourth-order valence-corrected chi connectivity index (χ4v) is 4.87. The molecule has 0 aromatic heterocycles. The summed E-state index contributed by atoms with van der Waals surface area (Å²) in [5.74, 6) is -2.88. The lowest BCUT2D eigenvalue weighted by atomic mass is 9.55. The van der Waals surface area contributed by atoms with Gasteiger partial charge in [-0.15, -0.1) is 5.06 Å². The summed E-state index contributed by atoms with van der Waals surface area (Å²) in [4.78, 5) is 42.1. The SMILES string of the molecule is CC(=O)ON1C(=O)[C@@H]2C3c4ccccc4C(c4ccccc43)[C@@H]2C1=O. The zero-order chi connectivity index (χ0) is 17.3. The number of carbonyl (C=O) groups is 3. The van der Waals surface area contributed by atoms with Crippen molar-refractivity contribution in [1.29, 1.82) is 0 Å². The average molecular weight is 333 g/mol. The topological polar surface area (TPSA) is 63.7 Å². The van der Waals surface area contributed by atoms with E-state index in [-0.39, 0.29) is 11.8 Å². The van der Waals surface area contributed by atoms with Gasteiger partial charge in [-0.1, -0.05) is 48.5 Å². The van der Waals surface area contributed by atoms with Crippen molar-refractivity contribution in [3.63, 3.8) is 0 Å². The highest BCUT2D eigenvalue weighted by Gasteiger charge is 2.62. The maximum atomic E-state index is 12.9. The highest BCUT2D eigenvalue weighted by atomic mass is 16.7. The molecule has 1 aliphatic heterocycles. The first-order valence-electron chi connectivity index (χ1n) is 8.33. The molecule has 2 atom stereocenters. The number of benzene rings is 2. The van der Waals surface area contributed by atoms with E-state index in [1.165, 1.54) is 6.92 Å². The van der Waals surface area contributed by atoms with E-state index >= 15 is 0 Å². The number of hydrogen-bond acceptors (Lipinski definition) is 4. The van der Waals surface area contributed by atoms with Gasteiger partial charge in [0.15, 0.2) is 0 Å². The molecule has 2 bridgehead atoms. The van der Waals surface area contributed by atoms with Crippen molar-refractivity contribution in [2.45, 2.75) is 18.8 Å². The van der Waals surface area contributed by atoms with Crippen LogP contribution in [0.3, 0.4) is 0 Å². The second-order valence-corrected chi connectivity index (χ2v) is 6.82. The molecule has 0 radical (unpaired) electrons. The lowest BCUT2D eigenvalue weighted by Crippen LogP contribution is -2.41. The Kier molecular flexibility index (Phi) is 2.76. The smallest absolute Gasteiger partial charge is 0.330 e. The molecule has 2 aromatic carbocycles. The second-order valence-electron chi connectivity index (χ2n) is 6.82. The van der Waals surface area contributed by atoms with Crippen molar-refractivity contribution >= 4 is 17.8 Å². The van der Waals surface area contributed by atoms with E-state index in [9.17, 15) is 14.4 Å². The second kappa shape index (κ2) is 4.79. The molecule has 1 heterocycles. The van der Waals surface area contributed by atoms with E-state index in [2.05, 4.69) is 0 Å². The van der Waals surface area contributed by atoms with E-state index < -0.39 is 29.6 Å². The Morgan fingerprint density at radius 1 is 0.800 bits per heavy atom. The van der Waals surface area contributed by atoms with E-state index in [0.717, 1.165) is 22.3 Å². The molecule has 2 aromatic rings. The first-order valence-corrected chi connectivity index (χ1v) is 8.33. The van der Waals surface area contributed by atoms with E-state index in [0.29, 0.717) is 5.06 Å². The molecular formula is C20H15NO4. The summed E-state index contributed by atoms with van der Waals surface area (Å²) < 4.78 is 0. The van der Waals surface area contributed by atoms with Gasteiger partial charge in [0, 0.05) is 18.8 Å². The molecule has 5 heteroatoms. The van der Waals surface area contributed by atoms with Crippen molar-refractivity contribution in [1.82, 2.24) is 5.06 Å². The van der Waals surface area contributed by atoms with Crippen LogP contribution in [-0.2, 0) is 19.2 Å². The number of nitrogens with zero attached hydrogens (tertiary/aromatic N) is 1. The van der Waals surface area contributed by atoms with Crippen molar-refractivity contribution in [3.05, 3.63) is 70.8 Å². The van der Waals surface area contributed by atoms with Crippen LogP contribution in [0.5, 0.6) is 0 Å². The molecule has 0 unspecified atom stereocenters. The van der Waals surface area contributed by atoms with Crippen LogP contribution < -0.4 is 0 Å². The zero-order valence-electron chi connectivity index (χ0n) is 13.5. The average Bonchev–Trinajstić information content (AvgIpc) is 2.87. The van der Waals surface area contributed by atoms with Crippen LogP contribution in [0.25, 0.3) is 0 Å². The molecule has 6 rings (SSSR count). The van der Waals surface area contributed by atoms with E-state index in [1.54, 1.807) is 0 Å². The summed E-state index contributed by atoms with van der Waals surface area (Å²) in [6.45, 7) is 1.20. The molecular weight excluding hydrogens is 318 g/mol. The number of hydrogen-bond donors (Lipinski definition) is 0. The molecule has 2 amide bonds. The van der Waals surface area contributed by atoms with E-state index in [1.807, 2.05) is 48.5 Å². The minimum atomic E-state index is -0.664. The summed E-state index contributed by atoms with van der Waals surface area (Å²) in [5.41, 5.74) is 4.38. The predicted octanol–water partition coefficient (Wildman–Crippen LogP) is 2.36. The van der Waals surface area contributed by atoms with E-state index in [4.69, 9.17) is 4.84 Å². The maximum absolute atomic E-state index is 12.9. The van der Waals surface area contributed by atoms with Crippen molar-refractivity contribution < 1.29 is 19.2 Å². The molecule has 124 valence electrons. The van der Waals surface area contributed by atoms with Crippen molar-refractivity contribution in [2.75, 3.05) is 0 Å². The van der Waals surface area contributed by atoms with Gasteiger partial charge >= 0.3 is 5.97 Å². The molecule has 1 saturated heterocycles. The highest BCUT2D eigenvalue weighted by Crippen LogP contribution is 2.60. The summed E-state index contributed by atoms with van der Waals surface area (Å²) >= 11 is 0. The van der Waals surface area contributed by atoms with Gasteiger partial charge in [-0.2, -0.15) is 0 Å². The Hall–Kier alpha value is -2.95. The Morgan fingerprint density at radius 3 is 1.48 bits per heavy atom. The summed E-state index contributed by atoms with van der Waals surface area (Å²) in [7, 11) is 0. The molecule has 0 saturated carbocycles. The molecule has 0 N–H and O–H groups in total.